The molecule has 9 heteroatoms. The van der Waals surface area contributed by atoms with Crippen LogP contribution in [0.2, 0.25) is 0 Å². The number of hydrogen-bond donors (Lipinski definition) is 2. The number of nitrogen functional groups attached to an aromatic ring is 1. The van der Waals surface area contributed by atoms with Crippen LogP contribution < -0.4 is 17.2 Å². The van der Waals surface area contributed by atoms with Gasteiger partial charge in [-0.1, -0.05) is 13.0 Å². The minimum Gasteiger partial charge on any atom is -0.383 e. The number of halogens is 3. The van der Waals surface area contributed by atoms with E-state index in [-0.39, 0.29) is 35.7 Å². The van der Waals surface area contributed by atoms with Crippen LogP contribution >= 0.6 is 0 Å². The molecular formula is C20H26F3N5O. The van der Waals surface area contributed by atoms with Crippen molar-refractivity contribution in [3.05, 3.63) is 52.1 Å². The van der Waals surface area contributed by atoms with E-state index >= 15 is 0 Å². The lowest BCUT2D eigenvalue weighted by molar-refractivity contribution is -0.138. The minimum absolute atomic E-state index is 0.0182. The highest BCUT2D eigenvalue weighted by atomic mass is 19.4. The van der Waals surface area contributed by atoms with Gasteiger partial charge >= 0.3 is 11.9 Å². The molecule has 1 aliphatic carbocycles. The summed E-state index contributed by atoms with van der Waals surface area (Å²) in [6, 6.07) is 5.73. The fourth-order valence-corrected chi connectivity index (χ4v) is 3.91. The molecule has 1 aromatic carbocycles. The van der Waals surface area contributed by atoms with Gasteiger partial charge in [-0.15, -0.1) is 0 Å². The van der Waals surface area contributed by atoms with Gasteiger partial charge in [0.15, 0.2) is 0 Å². The smallest absolute Gasteiger partial charge is 0.383 e. The largest absolute Gasteiger partial charge is 0.416 e. The molecule has 0 unspecified atom stereocenters. The number of alkyl halides is 3. The van der Waals surface area contributed by atoms with Crippen LogP contribution in [0.25, 0.3) is 5.69 Å². The maximum absolute atomic E-state index is 13.8. The highest BCUT2D eigenvalue weighted by Crippen LogP contribution is 2.35. The summed E-state index contributed by atoms with van der Waals surface area (Å²) < 4.78 is 42.4. The van der Waals surface area contributed by atoms with Crippen LogP contribution in [0.4, 0.5) is 19.0 Å². The van der Waals surface area contributed by atoms with Crippen molar-refractivity contribution >= 4 is 5.82 Å². The average Bonchev–Trinajstić information content (AvgIpc) is 2.66. The molecule has 29 heavy (non-hydrogen) atoms. The van der Waals surface area contributed by atoms with Crippen LogP contribution in [0.5, 0.6) is 0 Å². The molecule has 158 valence electrons. The molecule has 1 heterocycles. The van der Waals surface area contributed by atoms with Crippen molar-refractivity contribution in [3.63, 3.8) is 0 Å². The van der Waals surface area contributed by atoms with E-state index in [2.05, 4.69) is 9.88 Å². The summed E-state index contributed by atoms with van der Waals surface area (Å²) in [6.45, 7) is 2.80. The monoisotopic (exact) mass is 409 g/mol. The molecule has 1 aliphatic rings. The molecule has 0 aliphatic heterocycles. The second kappa shape index (κ2) is 8.54. The lowest BCUT2D eigenvalue weighted by Gasteiger charge is -2.36. The van der Waals surface area contributed by atoms with Crippen molar-refractivity contribution < 1.29 is 13.2 Å². The Morgan fingerprint density at radius 1 is 1.21 bits per heavy atom. The molecule has 1 aromatic heterocycles. The van der Waals surface area contributed by atoms with Gasteiger partial charge in [-0.05, 0) is 56.0 Å². The van der Waals surface area contributed by atoms with Crippen LogP contribution in [-0.4, -0.2) is 33.1 Å². The van der Waals surface area contributed by atoms with E-state index in [1.165, 1.54) is 24.4 Å². The Morgan fingerprint density at radius 2 is 1.90 bits per heavy atom. The van der Waals surface area contributed by atoms with Crippen LogP contribution in [-0.2, 0) is 12.7 Å². The third kappa shape index (κ3) is 4.97. The van der Waals surface area contributed by atoms with Crippen molar-refractivity contribution in [1.82, 2.24) is 14.5 Å². The molecule has 4 N–H and O–H groups in total. The summed E-state index contributed by atoms with van der Waals surface area (Å²) in [6.07, 6.45) is 0.342. The number of hydrogen-bond acceptors (Lipinski definition) is 5. The van der Waals surface area contributed by atoms with Crippen molar-refractivity contribution in [2.24, 2.45) is 5.73 Å². The van der Waals surface area contributed by atoms with Crippen molar-refractivity contribution in [2.45, 2.75) is 57.4 Å². The molecular weight excluding hydrogens is 383 g/mol. The second-order valence-electron chi connectivity index (χ2n) is 7.48. The van der Waals surface area contributed by atoms with E-state index in [1.54, 1.807) is 0 Å². The van der Waals surface area contributed by atoms with Gasteiger partial charge in [0.2, 0.25) is 0 Å². The summed E-state index contributed by atoms with van der Waals surface area (Å²) in [7, 11) is 0. The first-order valence-corrected chi connectivity index (χ1v) is 9.74. The molecule has 0 bridgehead atoms. The Kier molecular flexibility index (Phi) is 6.28. The molecule has 0 radical (unpaired) electrons. The first kappa shape index (κ1) is 21.3. The predicted molar refractivity (Wildman–Crippen MR) is 106 cm³/mol. The van der Waals surface area contributed by atoms with Gasteiger partial charge in [-0.2, -0.15) is 18.2 Å². The number of nitrogens with two attached hydrogens (primary N) is 2. The van der Waals surface area contributed by atoms with Crippen LogP contribution in [0, 0.1) is 0 Å². The topological polar surface area (TPSA) is 90.2 Å². The SMILES string of the molecule is CCN(Cc1ccc(-n2ccc(N)nc2=O)cc1C(F)(F)F)C1CCC(N)CC1. The summed E-state index contributed by atoms with van der Waals surface area (Å²) in [5.41, 5.74) is 10.2. The van der Waals surface area contributed by atoms with Gasteiger partial charge in [-0.3, -0.25) is 9.47 Å². The molecule has 1 saturated carbocycles. The summed E-state index contributed by atoms with van der Waals surface area (Å²) >= 11 is 0. The number of anilines is 1. The Bertz CT molecular complexity index is 904. The fourth-order valence-electron chi connectivity index (χ4n) is 3.91. The Hall–Kier alpha value is -2.39. The minimum atomic E-state index is -4.54. The van der Waals surface area contributed by atoms with E-state index in [9.17, 15) is 18.0 Å². The molecule has 6 nitrogen and oxygen atoms in total. The lowest BCUT2D eigenvalue weighted by atomic mass is 9.90. The fraction of sp³-hybridized carbons (Fsp3) is 0.500. The van der Waals surface area contributed by atoms with E-state index in [0.717, 1.165) is 36.3 Å². The van der Waals surface area contributed by atoms with Gasteiger partial charge in [0, 0.05) is 24.8 Å². The molecule has 1 fully saturated rings. The lowest BCUT2D eigenvalue weighted by Crippen LogP contribution is -2.40. The van der Waals surface area contributed by atoms with Gasteiger partial charge < -0.3 is 11.5 Å². The third-order valence-corrected chi connectivity index (χ3v) is 5.54. The van der Waals surface area contributed by atoms with Crippen molar-refractivity contribution in [2.75, 3.05) is 12.3 Å². The molecule has 0 atom stereocenters. The van der Waals surface area contributed by atoms with Crippen LogP contribution in [0.1, 0.15) is 43.7 Å². The molecule has 0 saturated heterocycles. The third-order valence-electron chi connectivity index (χ3n) is 5.54. The molecule has 2 aromatic rings. The van der Waals surface area contributed by atoms with Crippen LogP contribution in [0.3, 0.4) is 0 Å². The summed E-state index contributed by atoms with van der Waals surface area (Å²) in [5.74, 6) is 0.0182. The van der Waals surface area contributed by atoms with Crippen LogP contribution in [0.15, 0.2) is 35.3 Å². The van der Waals surface area contributed by atoms with Gasteiger partial charge in [-0.25, -0.2) is 4.79 Å². The van der Waals surface area contributed by atoms with E-state index < -0.39 is 17.4 Å². The Morgan fingerprint density at radius 3 is 2.48 bits per heavy atom. The zero-order valence-corrected chi connectivity index (χ0v) is 16.3. The highest BCUT2D eigenvalue weighted by molar-refractivity contribution is 5.43. The zero-order chi connectivity index (χ0) is 21.2. The zero-order valence-electron chi connectivity index (χ0n) is 16.3. The quantitative estimate of drug-likeness (QED) is 0.793. The molecule has 0 amide bonds. The van der Waals surface area contributed by atoms with E-state index in [4.69, 9.17) is 11.5 Å². The maximum Gasteiger partial charge on any atom is 0.416 e. The Balaban J connectivity index is 1.93. The highest BCUT2D eigenvalue weighted by Gasteiger charge is 2.35. The summed E-state index contributed by atoms with van der Waals surface area (Å²) in [4.78, 5) is 17.7. The maximum atomic E-state index is 13.8. The Labute approximate surface area is 167 Å². The first-order valence-electron chi connectivity index (χ1n) is 9.74. The summed E-state index contributed by atoms with van der Waals surface area (Å²) in [5, 5.41) is 0. The van der Waals surface area contributed by atoms with Gasteiger partial charge in [0.1, 0.15) is 5.82 Å². The molecule has 3 rings (SSSR count). The number of nitrogens with zero attached hydrogens (tertiary/aromatic N) is 3. The normalized spacial score (nSPS) is 20.2. The van der Waals surface area contributed by atoms with E-state index in [0.29, 0.717) is 6.54 Å². The van der Waals surface area contributed by atoms with E-state index in [1.807, 2.05) is 6.92 Å². The number of rotatable bonds is 5. The van der Waals surface area contributed by atoms with Gasteiger partial charge in [0.05, 0.1) is 11.3 Å². The average molecular weight is 409 g/mol. The van der Waals surface area contributed by atoms with Crippen molar-refractivity contribution in [3.8, 4) is 5.69 Å². The standard InChI is InChI=1S/C20H26F3N5O/c1-2-27(15-7-4-14(24)5-8-15)12-13-3-6-16(11-17(13)20(21,22)23)28-10-9-18(25)26-19(28)29/h3,6,9-11,14-15H,2,4-5,7-8,12,24H2,1H3,(H2,25,26,29). The predicted octanol–water partition coefficient (Wildman–Crippen LogP) is 2.93. The number of benzene rings is 1. The van der Waals surface area contributed by atoms with Crippen molar-refractivity contribution in [1.29, 1.82) is 0 Å². The number of aromatic nitrogens is 2. The second-order valence-corrected chi connectivity index (χ2v) is 7.48. The molecule has 0 spiro atoms. The van der Waals surface area contributed by atoms with Gasteiger partial charge in [0.25, 0.3) is 0 Å². The first-order chi connectivity index (χ1) is 13.7.